The van der Waals surface area contributed by atoms with Gasteiger partial charge in [-0.1, -0.05) is 49.2 Å². The van der Waals surface area contributed by atoms with E-state index in [1.807, 2.05) is 36.4 Å². The predicted molar refractivity (Wildman–Crippen MR) is 134 cm³/mol. The first-order valence-corrected chi connectivity index (χ1v) is 12.5. The Labute approximate surface area is 210 Å². The molecule has 2 aliphatic carbocycles. The van der Waals surface area contributed by atoms with E-state index in [1.54, 1.807) is 17.0 Å². The first kappa shape index (κ1) is 23.8. The molecule has 1 saturated carbocycles. The number of nitrogens with zero attached hydrogens (tertiary/aromatic N) is 2. The van der Waals surface area contributed by atoms with Crippen LogP contribution in [0.1, 0.15) is 42.4 Å². The molecule has 1 aliphatic heterocycles. The van der Waals surface area contributed by atoms with E-state index in [0.717, 1.165) is 22.4 Å². The lowest BCUT2D eigenvalue weighted by molar-refractivity contribution is -0.139. The molecular weight excluding hydrogens is 458 g/mol. The van der Waals surface area contributed by atoms with Gasteiger partial charge in [0.25, 0.3) is 5.91 Å². The summed E-state index contributed by atoms with van der Waals surface area (Å²) in [6, 6.07) is 14.2. The average Bonchev–Trinajstić information content (AvgIpc) is 3.60. The van der Waals surface area contributed by atoms with Crippen LogP contribution in [0.15, 0.2) is 48.5 Å². The number of nitrogens with one attached hydrogen (secondary N) is 3. The number of fused-ring (bicyclic) bond motifs is 2. The maximum atomic E-state index is 13.6. The molecule has 188 valence electrons. The molecule has 1 spiro atoms. The number of carbonyl (C=O) groups is 4. The molecule has 1 atom stereocenters. The van der Waals surface area contributed by atoms with Crippen LogP contribution in [-0.2, 0) is 28.1 Å². The summed E-state index contributed by atoms with van der Waals surface area (Å²) in [6.45, 7) is 0.776. The van der Waals surface area contributed by atoms with Gasteiger partial charge in [0, 0.05) is 25.8 Å². The van der Waals surface area contributed by atoms with Crippen molar-refractivity contribution in [1.29, 1.82) is 0 Å². The van der Waals surface area contributed by atoms with Crippen molar-refractivity contribution in [2.75, 3.05) is 25.5 Å². The Morgan fingerprint density at radius 3 is 2.64 bits per heavy atom. The zero-order chi connectivity index (χ0) is 25.3. The average molecular weight is 490 g/mol. The third-order valence-electron chi connectivity index (χ3n) is 7.36. The van der Waals surface area contributed by atoms with Gasteiger partial charge in [-0.25, -0.2) is 9.59 Å². The number of benzene rings is 2. The number of aryl methyl sites for hydroxylation is 1. The molecule has 5 rings (SSSR count). The molecule has 0 unspecified atom stereocenters. The maximum absolute atomic E-state index is 13.6. The summed E-state index contributed by atoms with van der Waals surface area (Å²) in [4.78, 5) is 54.4. The molecule has 2 fully saturated rings. The fourth-order valence-electron chi connectivity index (χ4n) is 5.14. The Hall–Kier alpha value is -3.88. The van der Waals surface area contributed by atoms with E-state index >= 15 is 0 Å². The Bertz CT molecular complexity index is 1200. The van der Waals surface area contributed by atoms with Crippen molar-refractivity contribution >= 4 is 29.6 Å². The summed E-state index contributed by atoms with van der Waals surface area (Å²) in [5, 5.41) is 8.11. The molecule has 9 nitrogen and oxygen atoms in total. The van der Waals surface area contributed by atoms with E-state index in [-0.39, 0.29) is 18.5 Å². The molecule has 1 saturated heterocycles. The third kappa shape index (κ3) is 4.65. The highest BCUT2D eigenvalue weighted by atomic mass is 16.2. The van der Waals surface area contributed by atoms with Gasteiger partial charge in [0.2, 0.25) is 5.91 Å². The van der Waals surface area contributed by atoms with Crippen LogP contribution in [-0.4, -0.2) is 53.8 Å². The number of amides is 6. The number of anilines is 1. The summed E-state index contributed by atoms with van der Waals surface area (Å²) in [6.07, 6.45) is 4.32. The highest BCUT2D eigenvalue weighted by Crippen LogP contribution is 2.42. The fourth-order valence-corrected chi connectivity index (χ4v) is 5.14. The molecule has 9 heteroatoms. The van der Waals surface area contributed by atoms with Crippen LogP contribution in [0.3, 0.4) is 0 Å². The van der Waals surface area contributed by atoms with E-state index < -0.39 is 17.5 Å². The molecule has 0 radical (unpaired) electrons. The Kier molecular flexibility index (Phi) is 6.38. The quantitative estimate of drug-likeness (QED) is 0.495. The monoisotopic (exact) mass is 489 g/mol. The van der Waals surface area contributed by atoms with Crippen LogP contribution in [0, 0.1) is 5.92 Å². The minimum absolute atomic E-state index is 0.233. The van der Waals surface area contributed by atoms with Crippen LogP contribution < -0.4 is 16.0 Å². The number of imide groups is 1. The van der Waals surface area contributed by atoms with Gasteiger partial charge in [0.05, 0.1) is 0 Å². The summed E-state index contributed by atoms with van der Waals surface area (Å²) in [7, 11) is 1.53. The SMILES string of the molecule is CNC(=O)Nc1ccc2c(c1)CC[C@]21NC(=O)N(CC(=O)N(CCC2CC2)Cc2ccccc2)C1=O. The van der Waals surface area contributed by atoms with Gasteiger partial charge in [-0.05, 0) is 54.0 Å². The lowest BCUT2D eigenvalue weighted by atomic mass is 9.91. The van der Waals surface area contributed by atoms with Crippen LogP contribution >= 0.6 is 0 Å². The van der Waals surface area contributed by atoms with Gasteiger partial charge in [0.15, 0.2) is 0 Å². The summed E-state index contributed by atoms with van der Waals surface area (Å²) in [5.41, 5.74) is 2.06. The zero-order valence-electron chi connectivity index (χ0n) is 20.4. The molecule has 6 amide bonds. The maximum Gasteiger partial charge on any atom is 0.325 e. The van der Waals surface area contributed by atoms with Gasteiger partial charge in [0.1, 0.15) is 12.1 Å². The zero-order valence-corrected chi connectivity index (χ0v) is 20.4. The molecule has 3 aliphatic rings. The van der Waals surface area contributed by atoms with Crippen LogP contribution in [0.5, 0.6) is 0 Å². The molecule has 0 aromatic heterocycles. The summed E-state index contributed by atoms with van der Waals surface area (Å²) < 4.78 is 0. The Morgan fingerprint density at radius 1 is 1.14 bits per heavy atom. The molecule has 1 heterocycles. The molecule has 36 heavy (non-hydrogen) atoms. The number of rotatable bonds is 8. The molecule has 0 bridgehead atoms. The van der Waals surface area contributed by atoms with Crippen LogP contribution in [0.2, 0.25) is 0 Å². The van der Waals surface area contributed by atoms with E-state index in [4.69, 9.17) is 0 Å². The van der Waals surface area contributed by atoms with Crippen molar-refractivity contribution in [2.24, 2.45) is 5.92 Å². The predicted octanol–water partition coefficient (Wildman–Crippen LogP) is 2.96. The van der Waals surface area contributed by atoms with Gasteiger partial charge >= 0.3 is 12.1 Å². The highest BCUT2D eigenvalue weighted by Gasteiger charge is 2.55. The molecule has 3 N–H and O–H groups in total. The minimum Gasteiger partial charge on any atom is -0.341 e. The summed E-state index contributed by atoms with van der Waals surface area (Å²) in [5.74, 6) is 0.0331. The second-order valence-corrected chi connectivity index (χ2v) is 9.84. The molecule has 2 aromatic rings. The highest BCUT2D eigenvalue weighted by molar-refractivity contribution is 6.10. The lowest BCUT2D eigenvalue weighted by Gasteiger charge is -2.26. The number of hydrogen-bond acceptors (Lipinski definition) is 4. The normalized spacial score (nSPS) is 20.3. The number of carbonyl (C=O) groups excluding carboxylic acids is 4. The van der Waals surface area contributed by atoms with Crippen molar-refractivity contribution in [3.8, 4) is 0 Å². The lowest BCUT2D eigenvalue weighted by Crippen LogP contribution is -2.45. The van der Waals surface area contributed by atoms with Crippen molar-refractivity contribution < 1.29 is 19.2 Å². The van der Waals surface area contributed by atoms with E-state index in [1.165, 1.54) is 19.9 Å². The second-order valence-electron chi connectivity index (χ2n) is 9.84. The van der Waals surface area contributed by atoms with E-state index in [9.17, 15) is 19.2 Å². The van der Waals surface area contributed by atoms with Crippen molar-refractivity contribution in [2.45, 2.75) is 44.2 Å². The van der Waals surface area contributed by atoms with Gasteiger partial charge < -0.3 is 20.9 Å². The van der Waals surface area contributed by atoms with Crippen molar-refractivity contribution in [1.82, 2.24) is 20.4 Å². The van der Waals surface area contributed by atoms with Gasteiger partial charge in [-0.3, -0.25) is 14.5 Å². The van der Waals surface area contributed by atoms with Gasteiger partial charge in [-0.15, -0.1) is 0 Å². The molecular formula is C27H31N5O4. The smallest absolute Gasteiger partial charge is 0.325 e. The minimum atomic E-state index is -1.17. The summed E-state index contributed by atoms with van der Waals surface area (Å²) >= 11 is 0. The van der Waals surface area contributed by atoms with E-state index in [0.29, 0.717) is 43.1 Å². The van der Waals surface area contributed by atoms with Gasteiger partial charge in [-0.2, -0.15) is 0 Å². The topological polar surface area (TPSA) is 111 Å². The van der Waals surface area contributed by atoms with Crippen molar-refractivity contribution in [3.63, 3.8) is 0 Å². The Morgan fingerprint density at radius 2 is 1.92 bits per heavy atom. The third-order valence-corrected chi connectivity index (χ3v) is 7.36. The largest absolute Gasteiger partial charge is 0.341 e. The fraction of sp³-hybridized carbons (Fsp3) is 0.407. The van der Waals surface area contributed by atoms with Crippen LogP contribution in [0.25, 0.3) is 0 Å². The Balaban J connectivity index is 1.31. The number of urea groups is 2. The molecule has 2 aromatic carbocycles. The standard InChI is InChI=1S/C27H31N5O4/c1-28-25(35)29-21-9-10-22-20(15-21)11-13-27(22)24(34)32(26(36)30-27)17-23(33)31(14-12-18-7-8-18)16-19-5-3-2-4-6-19/h2-6,9-10,15,18H,7-8,11-14,16-17H2,1H3,(H,30,36)(H2,28,29,35)/t27-/m0/s1. The first-order chi connectivity index (χ1) is 17.4. The second kappa shape index (κ2) is 9.64. The van der Waals surface area contributed by atoms with Crippen LogP contribution in [0.4, 0.5) is 15.3 Å². The van der Waals surface area contributed by atoms with Crippen molar-refractivity contribution in [3.05, 3.63) is 65.2 Å². The van der Waals surface area contributed by atoms with E-state index in [2.05, 4.69) is 16.0 Å². The first-order valence-electron chi connectivity index (χ1n) is 12.5. The number of hydrogen-bond donors (Lipinski definition) is 3.